The molecule has 1 aromatic heterocycles. The molecule has 0 amide bonds. The Labute approximate surface area is 178 Å². The van der Waals surface area contributed by atoms with E-state index < -0.39 is 0 Å². The quantitative estimate of drug-likeness (QED) is 0.337. The van der Waals surface area contributed by atoms with Gasteiger partial charge in [-0.3, -0.25) is 4.57 Å². The Kier molecular flexibility index (Phi) is 5.09. The van der Waals surface area contributed by atoms with Gasteiger partial charge < -0.3 is 0 Å². The van der Waals surface area contributed by atoms with Crippen LogP contribution in [0.4, 0.5) is 0 Å². The molecule has 3 nitrogen and oxygen atoms in total. The van der Waals surface area contributed by atoms with Gasteiger partial charge in [-0.25, -0.2) is 0 Å². The van der Waals surface area contributed by atoms with Crippen molar-refractivity contribution in [3.8, 4) is 28.5 Å². The lowest BCUT2D eigenvalue weighted by molar-refractivity contribution is 1.03. The zero-order chi connectivity index (χ0) is 19.8. The largest absolute Gasteiger partial charge is 0.274 e. The molecule has 1 heterocycles. The van der Waals surface area contributed by atoms with E-state index in [1.54, 1.807) is 0 Å². The molecular formula is C23H19BrClN3. The molecule has 4 aromatic rings. The molecule has 0 bridgehead atoms. The van der Waals surface area contributed by atoms with Crippen molar-refractivity contribution in [1.29, 1.82) is 0 Å². The van der Waals surface area contributed by atoms with Crippen molar-refractivity contribution in [1.82, 2.24) is 14.8 Å². The highest BCUT2D eigenvalue weighted by Crippen LogP contribution is 2.33. The van der Waals surface area contributed by atoms with Crippen molar-refractivity contribution in [2.75, 3.05) is 0 Å². The SMILES string of the molecule is Cc1cc(C)c(-n2c(-c3ccc(Cl)cc3)nnc2-c2ccc(Br)cc2)c(C)c1. The number of halogens is 2. The van der Waals surface area contributed by atoms with Crippen LogP contribution >= 0.6 is 27.5 Å². The third-order valence-corrected chi connectivity index (χ3v) is 5.51. The first-order valence-electron chi connectivity index (χ1n) is 8.99. The van der Waals surface area contributed by atoms with Gasteiger partial charge in [-0.15, -0.1) is 10.2 Å². The first kappa shape index (κ1) is 18.9. The van der Waals surface area contributed by atoms with E-state index in [2.05, 4.69) is 75.7 Å². The molecule has 0 unspecified atom stereocenters. The molecule has 0 aliphatic heterocycles. The van der Waals surface area contributed by atoms with Crippen LogP contribution in [0.15, 0.2) is 65.1 Å². The summed E-state index contributed by atoms with van der Waals surface area (Å²) in [6.07, 6.45) is 0. The maximum Gasteiger partial charge on any atom is 0.168 e. The third kappa shape index (κ3) is 3.50. The average molecular weight is 453 g/mol. The summed E-state index contributed by atoms with van der Waals surface area (Å²) in [5.41, 5.74) is 6.70. The standard InChI is InChI=1S/C23H19BrClN3/c1-14-12-15(2)21(16(3)13-14)28-22(17-4-8-19(24)9-5-17)26-27-23(28)18-6-10-20(25)11-7-18/h4-13H,1-3H3. The number of aryl methyl sites for hydroxylation is 3. The molecule has 5 heteroatoms. The lowest BCUT2D eigenvalue weighted by Crippen LogP contribution is -2.05. The van der Waals surface area contributed by atoms with Gasteiger partial charge in [-0.2, -0.15) is 0 Å². The van der Waals surface area contributed by atoms with Crippen LogP contribution in [0.2, 0.25) is 5.02 Å². The van der Waals surface area contributed by atoms with Gasteiger partial charge in [0.2, 0.25) is 0 Å². The van der Waals surface area contributed by atoms with E-state index in [0.717, 1.165) is 32.9 Å². The second kappa shape index (κ2) is 7.53. The number of hydrogen-bond donors (Lipinski definition) is 0. The van der Waals surface area contributed by atoms with Crippen molar-refractivity contribution >= 4 is 27.5 Å². The van der Waals surface area contributed by atoms with E-state index in [-0.39, 0.29) is 0 Å². The molecule has 0 saturated heterocycles. The normalized spacial score (nSPS) is 11.0. The van der Waals surface area contributed by atoms with Crippen molar-refractivity contribution in [3.05, 3.63) is 86.8 Å². The molecule has 4 rings (SSSR count). The average Bonchev–Trinajstić information content (AvgIpc) is 3.07. The van der Waals surface area contributed by atoms with Crippen LogP contribution in [-0.4, -0.2) is 14.8 Å². The topological polar surface area (TPSA) is 30.7 Å². The van der Waals surface area contributed by atoms with Gasteiger partial charge in [0.1, 0.15) is 0 Å². The van der Waals surface area contributed by atoms with Crippen molar-refractivity contribution < 1.29 is 0 Å². The first-order chi connectivity index (χ1) is 13.4. The highest BCUT2D eigenvalue weighted by atomic mass is 79.9. The number of hydrogen-bond acceptors (Lipinski definition) is 2. The van der Waals surface area contributed by atoms with Crippen LogP contribution in [0.3, 0.4) is 0 Å². The Bertz CT molecular complexity index is 1060. The smallest absolute Gasteiger partial charge is 0.168 e. The molecule has 0 fully saturated rings. The van der Waals surface area contributed by atoms with Gasteiger partial charge in [-0.05, 0) is 68.3 Å². The van der Waals surface area contributed by atoms with E-state index in [9.17, 15) is 0 Å². The minimum absolute atomic E-state index is 0.700. The number of rotatable bonds is 3. The van der Waals surface area contributed by atoms with Crippen LogP contribution in [0.5, 0.6) is 0 Å². The summed E-state index contributed by atoms with van der Waals surface area (Å²) in [5, 5.41) is 9.81. The zero-order valence-corrected chi connectivity index (χ0v) is 18.2. The first-order valence-corrected chi connectivity index (χ1v) is 10.2. The monoisotopic (exact) mass is 451 g/mol. The van der Waals surface area contributed by atoms with Crippen LogP contribution in [0, 0.1) is 20.8 Å². The Morgan fingerprint density at radius 1 is 0.750 bits per heavy atom. The number of nitrogens with zero attached hydrogens (tertiary/aromatic N) is 3. The highest BCUT2D eigenvalue weighted by molar-refractivity contribution is 9.10. The molecule has 0 atom stereocenters. The van der Waals surface area contributed by atoms with Crippen molar-refractivity contribution in [2.45, 2.75) is 20.8 Å². The Hall–Kier alpha value is -2.43. The summed E-state index contributed by atoms with van der Waals surface area (Å²) >= 11 is 9.60. The second-order valence-electron chi connectivity index (χ2n) is 6.94. The van der Waals surface area contributed by atoms with E-state index in [0.29, 0.717) is 5.02 Å². The van der Waals surface area contributed by atoms with E-state index in [1.807, 2.05) is 36.4 Å². The predicted molar refractivity (Wildman–Crippen MR) is 119 cm³/mol. The van der Waals surface area contributed by atoms with Gasteiger partial charge >= 0.3 is 0 Å². The lowest BCUT2D eigenvalue weighted by atomic mass is 10.0. The molecule has 0 spiro atoms. The second-order valence-corrected chi connectivity index (χ2v) is 8.30. The van der Waals surface area contributed by atoms with Crippen LogP contribution in [0.1, 0.15) is 16.7 Å². The summed E-state index contributed by atoms with van der Waals surface area (Å²) in [6, 6.07) is 20.2. The molecule has 140 valence electrons. The maximum absolute atomic E-state index is 6.09. The molecule has 0 N–H and O–H groups in total. The molecule has 3 aromatic carbocycles. The number of aromatic nitrogens is 3. The van der Waals surface area contributed by atoms with E-state index >= 15 is 0 Å². The Morgan fingerprint density at radius 2 is 1.21 bits per heavy atom. The maximum atomic E-state index is 6.09. The van der Waals surface area contributed by atoms with E-state index in [4.69, 9.17) is 11.6 Å². The fourth-order valence-corrected chi connectivity index (χ4v) is 3.98. The fraction of sp³-hybridized carbons (Fsp3) is 0.130. The molecule has 0 aliphatic carbocycles. The zero-order valence-electron chi connectivity index (χ0n) is 15.9. The molecule has 0 saturated carbocycles. The molecular weight excluding hydrogens is 434 g/mol. The van der Waals surface area contributed by atoms with Gasteiger partial charge in [0, 0.05) is 20.6 Å². The highest BCUT2D eigenvalue weighted by Gasteiger charge is 2.20. The summed E-state index contributed by atoms with van der Waals surface area (Å²) in [6.45, 7) is 6.38. The predicted octanol–water partition coefficient (Wildman–Crippen LogP) is 6.94. The summed E-state index contributed by atoms with van der Waals surface area (Å²) in [7, 11) is 0. The van der Waals surface area contributed by atoms with Gasteiger partial charge in [0.05, 0.1) is 5.69 Å². The van der Waals surface area contributed by atoms with Crippen molar-refractivity contribution in [2.24, 2.45) is 0 Å². The third-order valence-electron chi connectivity index (χ3n) is 4.73. The van der Waals surface area contributed by atoms with Gasteiger partial charge in [-0.1, -0.05) is 57.4 Å². The summed E-state index contributed by atoms with van der Waals surface area (Å²) < 4.78 is 3.18. The Balaban J connectivity index is 2.02. The fourth-order valence-electron chi connectivity index (χ4n) is 3.59. The minimum atomic E-state index is 0.700. The lowest BCUT2D eigenvalue weighted by Gasteiger charge is -2.17. The van der Waals surface area contributed by atoms with Gasteiger partial charge in [0.25, 0.3) is 0 Å². The number of benzene rings is 3. The van der Waals surface area contributed by atoms with E-state index in [1.165, 1.54) is 16.7 Å². The van der Waals surface area contributed by atoms with Crippen LogP contribution < -0.4 is 0 Å². The summed E-state index contributed by atoms with van der Waals surface area (Å²) in [5.74, 6) is 1.61. The molecule has 28 heavy (non-hydrogen) atoms. The molecule has 0 radical (unpaired) electrons. The molecule has 0 aliphatic rings. The summed E-state index contributed by atoms with van der Waals surface area (Å²) in [4.78, 5) is 0. The van der Waals surface area contributed by atoms with Gasteiger partial charge in [0.15, 0.2) is 11.6 Å². The van der Waals surface area contributed by atoms with Crippen molar-refractivity contribution in [3.63, 3.8) is 0 Å². The van der Waals surface area contributed by atoms with Crippen LogP contribution in [0.25, 0.3) is 28.5 Å². The minimum Gasteiger partial charge on any atom is -0.274 e. The van der Waals surface area contributed by atoms with Crippen LogP contribution in [-0.2, 0) is 0 Å². The Morgan fingerprint density at radius 3 is 1.71 bits per heavy atom.